The van der Waals surface area contributed by atoms with Crippen molar-refractivity contribution >= 4 is 5.95 Å². The first kappa shape index (κ1) is 14.1. The van der Waals surface area contributed by atoms with Gasteiger partial charge in [0.2, 0.25) is 11.8 Å². The van der Waals surface area contributed by atoms with Crippen LogP contribution < -0.4 is 15.0 Å². The third-order valence-corrected chi connectivity index (χ3v) is 3.51. The molecule has 106 valence electrons. The monoisotopic (exact) mass is 264 g/mol. The average molecular weight is 264 g/mol. The molecule has 0 amide bonds. The van der Waals surface area contributed by atoms with Gasteiger partial charge in [0, 0.05) is 25.4 Å². The minimum absolute atomic E-state index is 0.636. The fourth-order valence-corrected chi connectivity index (χ4v) is 2.44. The van der Waals surface area contributed by atoms with Crippen LogP contribution in [-0.2, 0) is 0 Å². The zero-order valence-electron chi connectivity index (χ0n) is 11.9. The molecule has 2 rings (SSSR count). The smallest absolute Gasteiger partial charge is 0.228 e. The van der Waals surface area contributed by atoms with E-state index < -0.39 is 0 Å². The van der Waals surface area contributed by atoms with Gasteiger partial charge in [-0.3, -0.25) is 0 Å². The Morgan fingerprint density at radius 2 is 2.16 bits per heavy atom. The molecule has 1 aromatic heterocycles. The summed E-state index contributed by atoms with van der Waals surface area (Å²) < 4.78 is 5.44. The van der Waals surface area contributed by atoms with E-state index in [9.17, 15) is 0 Å². The van der Waals surface area contributed by atoms with E-state index in [0.29, 0.717) is 12.5 Å². The van der Waals surface area contributed by atoms with E-state index >= 15 is 0 Å². The van der Waals surface area contributed by atoms with Gasteiger partial charge in [-0.1, -0.05) is 0 Å². The van der Waals surface area contributed by atoms with Gasteiger partial charge >= 0.3 is 0 Å². The second kappa shape index (κ2) is 7.28. The lowest BCUT2D eigenvalue weighted by Gasteiger charge is -2.29. The van der Waals surface area contributed by atoms with Crippen LogP contribution in [0.25, 0.3) is 0 Å². The fourth-order valence-electron chi connectivity index (χ4n) is 2.44. The molecule has 5 heteroatoms. The molecule has 2 heterocycles. The van der Waals surface area contributed by atoms with Gasteiger partial charge in [-0.05, 0) is 45.7 Å². The molecule has 1 saturated heterocycles. The van der Waals surface area contributed by atoms with Crippen molar-refractivity contribution in [2.24, 2.45) is 5.92 Å². The standard InChI is InChI=1S/C14H24N4O/c1-3-18(11-12-5-8-15-9-6-12)14-16-10-7-13(17-14)19-4-2/h7,10,12,15H,3-6,8-9,11H2,1-2H3. The minimum Gasteiger partial charge on any atom is -0.478 e. The molecule has 0 unspecified atom stereocenters. The van der Waals surface area contributed by atoms with Crippen molar-refractivity contribution in [2.75, 3.05) is 37.7 Å². The number of nitrogens with zero attached hydrogens (tertiary/aromatic N) is 3. The van der Waals surface area contributed by atoms with Crippen LogP contribution in [0.1, 0.15) is 26.7 Å². The van der Waals surface area contributed by atoms with E-state index in [1.165, 1.54) is 12.8 Å². The van der Waals surface area contributed by atoms with Gasteiger partial charge < -0.3 is 15.0 Å². The number of hydrogen-bond donors (Lipinski definition) is 1. The average Bonchev–Trinajstić information content (AvgIpc) is 2.46. The van der Waals surface area contributed by atoms with Crippen molar-refractivity contribution in [3.8, 4) is 5.88 Å². The van der Waals surface area contributed by atoms with Crippen LogP contribution in [0.15, 0.2) is 12.3 Å². The van der Waals surface area contributed by atoms with Gasteiger partial charge in [0.05, 0.1) is 6.61 Å². The molecule has 19 heavy (non-hydrogen) atoms. The molecular weight excluding hydrogens is 240 g/mol. The predicted molar refractivity (Wildman–Crippen MR) is 76.7 cm³/mol. The number of aromatic nitrogens is 2. The van der Waals surface area contributed by atoms with Crippen molar-refractivity contribution in [3.05, 3.63) is 12.3 Å². The molecule has 0 radical (unpaired) electrons. The molecule has 1 aliphatic rings. The Balaban J connectivity index is 2.01. The largest absolute Gasteiger partial charge is 0.478 e. The lowest BCUT2D eigenvalue weighted by atomic mass is 9.98. The summed E-state index contributed by atoms with van der Waals surface area (Å²) in [6, 6.07) is 1.81. The van der Waals surface area contributed by atoms with Gasteiger partial charge in [0.1, 0.15) is 0 Å². The van der Waals surface area contributed by atoms with Crippen molar-refractivity contribution in [1.82, 2.24) is 15.3 Å². The maximum absolute atomic E-state index is 5.44. The Labute approximate surface area is 115 Å². The number of ether oxygens (including phenoxy) is 1. The molecule has 0 bridgehead atoms. The molecule has 1 aliphatic heterocycles. The molecule has 1 aromatic rings. The number of nitrogens with one attached hydrogen (secondary N) is 1. The molecule has 0 atom stereocenters. The molecule has 5 nitrogen and oxygen atoms in total. The summed E-state index contributed by atoms with van der Waals surface area (Å²) in [4.78, 5) is 11.1. The molecule has 0 aromatic carbocycles. The third kappa shape index (κ3) is 4.06. The van der Waals surface area contributed by atoms with E-state index in [-0.39, 0.29) is 0 Å². The van der Waals surface area contributed by atoms with E-state index in [4.69, 9.17) is 4.74 Å². The van der Waals surface area contributed by atoms with E-state index in [0.717, 1.165) is 38.0 Å². The Morgan fingerprint density at radius 3 is 2.84 bits per heavy atom. The van der Waals surface area contributed by atoms with Gasteiger partial charge in [0.25, 0.3) is 0 Å². The van der Waals surface area contributed by atoms with Crippen LogP contribution >= 0.6 is 0 Å². The summed E-state index contributed by atoms with van der Waals surface area (Å²) >= 11 is 0. The maximum atomic E-state index is 5.44. The second-order valence-corrected chi connectivity index (χ2v) is 4.86. The highest BCUT2D eigenvalue weighted by molar-refractivity contribution is 5.31. The number of anilines is 1. The SMILES string of the molecule is CCOc1ccnc(N(CC)CC2CCNCC2)n1. The van der Waals surface area contributed by atoms with Gasteiger partial charge in [-0.2, -0.15) is 4.98 Å². The Bertz CT molecular complexity index is 379. The molecule has 1 N–H and O–H groups in total. The van der Waals surface area contributed by atoms with Crippen LogP contribution in [0.4, 0.5) is 5.95 Å². The highest BCUT2D eigenvalue weighted by atomic mass is 16.5. The summed E-state index contributed by atoms with van der Waals surface area (Å²) in [6.45, 7) is 8.97. The third-order valence-electron chi connectivity index (χ3n) is 3.51. The molecular formula is C14H24N4O. The fraction of sp³-hybridized carbons (Fsp3) is 0.714. The summed E-state index contributed by atoms with van der Waals surface area (Å²) in [5, 5.41) is 3.40. The molecule has 0 spiro atoms. The molecule has 0 saturated carbocycles. The maximum Gasteiger partial charge on any atom is 0.228 e. The number of piperidine rings is 1. The van der Waals surface area contributed by atoms with E-state index in [1.54, 1.807) is 6.20 Å². The molecule has 0 aliphatic carbocycles. The first-order valence-electron chi connectivity index (χ1n) is 7.25. The van der Waals surface area contributed by atoms with Gasteiger partial charge in [-0.15, -0.1) is 0 Å². The normalized spacial score (nSPS) is 16.3. The highest BCUT2D eigenvalue weighted by Gasteiger charge is 2.18. The van der Waals surface area contributed by atoms with Crippen LogP contribution in [0, 0.1) is 5.92 Å². The predicted octanol–water partition coefficient (Wildman–Crippen LogP) is 1.70. The second-order valence-electron chi connectivity index (χ2n) is 4.86. The summed E-state index contributed by atoms with van der Waals surface area (Å²) in [5.41, 5.74) is 0. The zero-order valence-corrected chi connectivity index (χ0v) is 11.9. The van der Waals surface area contributed by atoms with Crippen LogP contribution in [0.5, 0.6) is 5.88 Å². The van der Waals surface area contributed by atoms with Crippen LogP contribution in [0.2, 0.25) is 0 Å². The topological polar surface area (TPSA) is 50.3 Å². The number of rotatable bonds is 6. The summed E-state index contributed by atoms with van der Waals surface area (Å²) in [5.74, 6) is 2.18. The summed E-state index contributed by atoms with van der Waals surface area (Å²) in [7, 11) is 0. The van der Waals surface area contributed by atoms with E-state index in [1.807, 2.05) is 13.0 Å². The lowest BCUT2D eigenvalue weighted by molar-refractivity contribution is 0.325. The van der Waals surface area contributed by atoms with Crippen molar-refractivity contribution < 1.29 is 4.74 Å². The van der Waals surface area contributed by atoms with Crippen molar-refractivity contribution in [3.63, 3.8) is 0 Å². The number of hydrogen-bond acceptors (Lipinski definition) is 5. The van der Waals surface area contributed by atoms with Crippen LogP contribution in [0.3, 0.4) is 0 Å². The quantitative estimate of drug-likeness (QED) is 0.847. The first-order valence-corrected chi connectivity index (χ1v) is 7.25. The Kier molecular flexibility index (Phi) is 5.39. The zero-order chi connectivity index (χ0) is 13.5. The first-order chi connectivity index (χ1) is 9.33. The lowest BCUT2D eigenvalue weighted by Crippen LogP contribution is -2.36. The Hall–Kier alpha value is -1.36. The van der Waals surface area contributed by atoms with Gasteiger partial charge in [-0.25, -0.2) is 4.98 Å². The van der Waals surface area contributed by atoms with E-state index in [2.05, 4.69) is 27.1 Å². The van der Waals surface area contributed by atoms with Crippen LogP contribution in [-0.4, -0.2) is 42.8 Å². The van der Waals surface area contributed by atoms with Crippen molar-refractivity contribution in [1.29, 1.82) is 0 Å². The Morgan fingerprint density at radius 1 is 1.37 bits per heavy atom. The van der Waals surface area contributed by atoms with Crippen molar-refractivity contribution in [2.45, 2.75) is 26.7 Å². The summed E-state index contributed by atoms with van der Waals surface area (Å²) in [6.07, 6.45) is 4.25. The minimum atomic E-state index is 0.636. The highest BCUT2D eigenvalue weighted by Crippen LogP contribution is 2.18. The molecule has 1 fully saturated rings. The van der Waals surface area contributed by atoms with Gasteiger partial charge in [0.15, 0.2) is 0 Å².